The topological polar surface area (TPSA) is 187 Å². The quantitative estimate of drug-likeness (QED) is 0.190. The summed E-state index contributed by atoms with van der Waals surface area (Å²) in [6.45, 7) is 18.8. The number of hydrogen-bond acceptors (Lipinski definition) is 14. The Morgan fingerprint density at radius 1 is 1.00 bits per heavy atom. The van der Waals surface area contributed by atoms with Crippen LogP contribution in [0.2, 0.25) is 0 Å². The number of piperazine rings is 1. The second-order valence-corrected chi connectivity index (χ2v) is 23.7. The summed E-state index contributed by atoms with van der Waals surface area (Å²) in [5, 5.41) is 5.62. The number of allylic oxidation sites excluding steroid dienone is 1. The van der Waals surface area contributed by atoms with Gasteiger partial charge in [-0.3, -0.25) is 29.2 Å². The maximum atomic E-state index is 14.9. The predicted octanol–water partition coefficient (Wildman–Crippen LogP) is 5.14. The molecule has 1 spiro atoms. The molecule has 2 N–H and O–H groups in total. The van der Waals surface area contributed by atoms with Gasteiger partial charge in [-0.25, -0.2) is 14.6 Å². The van der Waals surface area contributed by atoms with Crippen molar-refractivity contribution in [2.24, 2.45) is 11.3 Å². The third kappa shape index (κ3) is 12.5. The molecule has 79 heavy (non-hydrogen) atoms. The van der Waals surface area contributed by atoms with Gasteiger partial charge in [0, 0.05) is 120 Å². The van der Waals surface area contributed by atoms with E-state index in [2.05, 4.69) is 82.1 Å². The summed E-state index contributed by atoms with van der Waals surface area (Å²) in [4.78, 5) is 87.7. The maximum Gasteiger partial charge on any atom is 0.324 e. The van der Waals surface area contributed by atoms with E-state index in [1.807, 2.05) is 27.0 Å². The standard InChI is InChI=1S/C58H84FN11O9/c1-10-69-48-16-15-40-29-43(48)45(52(69)44-30-41(33-60-50(44)39(4)76-9)65-25-23-63(7)24-26-65)32-57(5,6)36-78-55(74)46-13-12-20-70(62-46)54(73)47(31-42-34-67(40)27-28-77-42)61-53(72)51(38(2)3)64(8)56(75)66-21-17-58(18-22-66)35-68(37-79-58)49(71)14-11-19-59/h11,14-16,29-30,33,38-39,42,46-47,51,62H,10,12-13,17-28,31-32,34-37H2,1-9H3,(H,61,72)/b14-11+/t39-,42-,46-,47-,51-/m0/s1. The number of methoxy groups -OCH3 is 1. The summed E-state index contributed by atoms with van der Waals surface area (Å²) < 4.78 is 39.9. The molecule has 6 aliphatic rings. The maximum absolute atomic E-state index is 14.9. The number of anilines is 2. The van der Waals surface area contributed by atoms with Gasteiger partial charge in [0.05, 0.1) is 60.8 Å². The highest BCUT2D eigenvalue weighted by molar-refractivity contribution is 5.96. The highest BCUT2D eigenvalue weighted by atomic mass is 19.1. The van der Waals surface area contributed by atoms with Crippen LogP contribution in [0, 0.1) is 11.3 Å². The number of pyridine rings is 1. The molecule has 5 saturated heterocycles. The monoisotopic (exact) mass is 1100 g/mol. The van der Waals surface area contributed by atoms with Gasteiger partial charge in [0.15, 0.2) is 0 Å². The number of rotatable bonds is 11. The molecule has 6 bridgehead atoms. The van der Waals surface area contributed by atoms with Crippen molar-refractivity contribution in [2.45, 2.75) is 123 Å². The number of fused-ring (bicyclic) bond motifs is 6. The molecular formula is C58H84FN11O9. The van der Waals surface area contributed by atoms with Crippen LogP contribution >= 0.6 is 0 Å². The number of nitrogens with zero attached hydrogens (tertiary/aromatic N) is 9. The van der Waals surface area contributed by atoms with Crippen molar-refractivity contribution in [3.8, 4) is 11.3 Å². The minimum Gasteiger partial charge on any atom is -0.464 e. The lowest BCUT2D eigenvalue weighted by molar-refractivity contribution is -0.156. The number of ether oxygens (including phenoxy) is 4. The minimum atomic E-state index is -1.09. The minimum absolute atomic E-state index is 0.0893. The number of urea groups is 1. The van der Waals surface area contributed by atoms with E-state index in [4.69, 9.17) is 23.9 Å². The number of piperidine rings is 1. The molecule has 5 atom stereocenters. The summed E-state index contributed by atoms with van der Waals surface area (Å²) in [6.07, 6.45) is 6.23. The van der Waals surface area contributed by atoms with Gasteiger partial charge in [0.1, 0.15) is 31.5 Å². The fourth-order valence-electron chi connectivity index (χ4n) is 12.5. The Balaban J connectivity index is 1.01. The highest BCUT2D eigenvalue weighted by Gasteiger charge is 2.46. The van der Waals surface area contributed by atoms with E-state index in [1.165, 1.54) is 27.0 Å². The highest BCUT2D eigenvalue weighted by Crippen LogP contribution is 2.43. The summed E-state index contributed by atoms with van der Waals surface area (Å²) in [7, 11) is 5.48. The van der Waals surface area contributed by atoms with Crippen molar-refractivity contribution in [3.05, 3.63) is 53.9 Å². The van der Waals surface area contributed by atoms with Gasteiger partial charge in [0.2, 0.25) is 11.8 Å². The summed E-state index contributed by atoms with van der Waals surface area (Å²) >= 11 is 0. The normalized spacial score (nSPS) is 24.0. The molecule has 432 valence electrons. The van der Waals surface area contributed by atoms with E-state index in [1.54, 1.807) is 19.1 Å². The van der Waals surface area contributed by atoms with Crippen molar-refractivity contribution in [1.29, 1.82) is 0 Å². The first-order valence-corrected chi connectivity index (χ1v) is 28.5. The Bertz CT molecular complexity index is 2740. The molecular weight excluding hydrogens is 1010 g/mol. The molecule has 1 aromatic carbocycles. The van der Waals surface area contributed by atoms with Crippen molar-refractivity contribution in [3.63, 3.8) is 0 Å². The van der Waals surface area contributed by atoms with E-state index in [0.717, 1.165) is 71.0 Å². The van der Waals surface area contributed by atoms with Gasteiger partial charge in [0.25, 0.3) is 5.91 Å². The molecule has 9 rings (SSSR count). The fraction of sp³-hybridized carbons (Fsp3) is 0.655. The lowest BCUT2D eigenvalue weighted by Gasteiger charge is -2.41. The van der Waals surface area contributed by atoms with Crippen LogP contribution in [0.4, 0.5) is 20.6 Å². The largest absolute Gasteiger partial charge is 0.464 e. The number of likely N-dealkylation sites (N-methyl/N-ethyl adjacent to an activating group) is 2. The summed E-state index contributed by atoms with van der Waals surface area (Å²) in [6, 6.07) is 5.72. The van der Waals surface area contributed by atoms with Crippen molar-refractivity contribution in [1.82, 2.24) is 44.9 Å². The van der Waals surface area contributed by atoms with Crippen LogP contribution in [0.3, 0.4) is 0 Å². The van der Waals surface area contributed by atoms with Crippen LogP contribution < -0.4 is 20.5 Å². The molecule has 0 saturated carbocycles. The Morgan fingerprint density at radius 3 is 2.47 bits per heavy atom. The molecule has 3 aromatic rings. The average molecular weight is 1100 g/mol. The molecule has 0 radical (unpaired) electrons. The predicted molar refractivity (Wildman–Crippen MR) is 299 cm³/mol. The van der Waals surface area contributed by atoms with E-state index in [9.17, 15) is 28.4 Å². The second-order valence-electron chi connectivity index (χ2n) is 23.7. The number of amides is 5. The van der Waals surface area contributed by atoms with Crippen LogP contribution in [-0.2, 0) is 51.1 Å². The Hall–Kier alpha value is -5.87. The number of carbonyl (C=O) groups excluding carboxylic acids is 5. The van der Waals surface area contributed by atoms with E-state index in [-0.39, 0.29) is 43.7 Å². The van der Waals surface area contributed by atoms with Gasteiger partial charge < -0.3 is 58.2 Å². The number of alkyl halides is 1. The number of hydrazine groups is 1. The van der Waals surface area contributed by atoms with Gasteiger partial charge >= 0.3 is 12.0 Å². The zero-order valence-corrected chi connectivity index (χ0v) is 47.9. The first-order chi connectivity index (χ1) is 37.8. The van der Waals surface area contributed by atoms with Crippen molar-refractivity contribution >= 4 is 52.0 Å². The third-order valence-corrected chi connectivity index (χ3v) is 17.1. The summed E-state index contributed by atoms with van der Waals surface area (Å²) in [5.74, 6) is -2.03. The molecule has 5 amide bonds. The van der Waals surface area contributed by atoms with Crippen molar-refractivity contribution < 1.29 is 47.3 Å². The number of nitrogens with one attached hydrogen (secondary N) is 2. The number of aryl methyl sites for hydroxylation is 1. The molecule has 2 aromatic heterocycles. The molecule has 8 heterocycles. The number of carbonyl (C=O) groups is 5. The summed E-state index contributed by atoms with van der Waals surface area (Å²) in [5.41, 5.74) is 9.21. The fourth-order valence-corrected chi connectivity index (χ4v) is 12.5. The molecule has 0 unspecified atom stereocenters. The van der Waals surface area contributed by atoms with Gasteiger partial charge in [-0.2, -0.15) is 0 Å². The number of aromatic nitrogens is 2. The number of hydrogen-bond donors (Lipinski definition) is 2. The zero-order valence-electron chi connectivity index (χ0n) is 47.9. The van der Waals surface area contributed by atoms with E-state index in [0.29, 0.717) is 84.5 Å². The number of halogens is 1. The lowest BCUT2D eigenvalue weighted by Crippen LogP contribution is -2.63. The van der Waals surface area contributed by atoms with Crippen LogP contribution in [0.15, 0.2) is 42.6 Å². The average Bonchev–Trinajstić information content (AvgIpc) is 4.13. The number of esters is 1. The molecule has 5 fully saturated rings. The number of benzene rings is 1. The molecule has 21 heteroatoms. The molecule has 20 nitrogen and oxygen atoms in total. The van der Waals surface area contributed by atoms with Gasteiger partial charge in [-0.05, 0) is 94.8 Å². The van der Waals surface area contributed by atoms with Crippen molar-refractivity contribution in [2.75, 3.05) is 123 Å². The Kier molecular flexibility index (Phi) is 17.9. The van der Waals surface area contributed by atoms with Crippen LogP contribution in [0.25, 0.3) is 22.2 Å². The number of likely N-dealkylation sites (tertiary alicyclic amines) is 1. The first kappa shape index (κ1) is 57.8. The lowest BCUT2D eigenvalue weighted by atomic mass is 9.84. The first-order valence-electron chi connectivity index (χ1n) is 28.5. The number of morpholine rings is 1. The Labute approximate surface area is 464 Å². The van der Waals surface area contributed by atoms with Crippen LogP contribution in [0.5, 0.6) is 0 Å². The Morgan fingerprint density at radius 2 is 1.76 bits per heavy atom. The van der Waals surface area contributed by atoms with E-state index < -0.39 is 59.7 Å². The van der Waals surface area contributed by atoms with Gasteiger partial charge in [-0.15, -0.1) is 0 Å². The number of cyclic esters (lactones) is 1. The van der Waals surface area contributed by atoms with Crippen LogP contribution in [-0.4, -0.2) is 207 Å². The SMILES string of the molecule is CCn1c(-c2cc(N3CCN(C)CC3)cnc2[C@H](C)OC)c2c3cc(ccc31)N1CCO[C@@H](C[C@H](NC(=O)[C@H](C(C)C)N(C)C(=O)N3CCC4(CC3)CN(C(=O)/C=C/CF)CO4)C(=O)N3CCC[C@H](N3)C(=O)OCC(C)(C)C2)C1. The second kappa shape index (κ2) is 24.5. The molecule has 6 aliphatic heterocycles. The van der Waals surface area contributed by atoms with Crippen LogP contribution in [0.1, 0.15) is 91.0 Å². The van der Waals surface area contributed by atoms with E-state index >= 15 is 0 Å². The van der Waals surface area contributed by atoms with Gasteiger partial charge in [-0.1, -0.05) is 27.7 Å². The molecule has 0 aliphatic carbocycles. The smallest absolute Gasteiger partial charge is 0.324 e. The third-order valence-electron chi connectivity index (χ3n) is 17.1. The zero-order chi connectivity index (χ0) is 56.3.